The van der Waals surface area contributed by atoms with Gasteiger partial charge in [-0.15, -0.1) is 0 Å². The fraction of sp³-hybridized carbons (Fsp3) is 0.400. The molecule has 2 heterocycles. The molecular formula is C15H15Cl2NO4. The lowest BCUT2D eigenvalue weighted by Gasteiger charge is -2.33. The molecule has 1 fully saturated rings. The number of morpholine rings is 1. The fourth-order valence-corrected chi connectivity index (χ4v) is 2.69. The highest BCUT2D eigenvalue weighted by molar-refractivity contribution is 6.42. The van der Waals surface area contributed by atoms with Crippen LogP contribution in [0, 0.1) is 0 Å². The maximum Gasteiger partial charge on any atom is 0.292 e. The van der Waals surface area contributed by atoms with Crippen molar-refractivity contribution in [3.8, 4) is 0 Å². The van der Waals surface area contributed by atoms with Crippen molar-refractivity contribution >= 4 is 29.1 Å². The van der Waals surface area contributed by atoms with Crippen molar-refractivity contribution in [2.75, 3.05) is 32.9 Å². The molecule has 1 aromatic carbocycles. The minimum Gasteiger partial charge on any atom is -0.494 e. The van der Waals surface area contributed by atoms with Crippen LogP contribution in [0.5, 0.6) is 0 Å². The van der Waals surface area contributed by atoms with Gasteiger partial charge in [-0.1, -0.05) is 29.3 Å². The molecule has 2 aliphatic heterocycles. The minimum absolute atomic E-state index is 0.187. The van der Waals surface area contributed by atoms with E-state index in [2.05, 4.69) is 0 Å². The average molecular weight is 344 g/mol. The van der Waals surface area contributed by atoms with Crippen molar-refractivity contribution in [2.24, 2.45) is 0 Å². The van der Waals surface area contributed by atoms with Crippen LogP contribution in [-0.4, -0.2) is 43.7 Å². The zero-order valence-electron chi connectivity index (χ0n) is 11.8. The Morgan fingerprint density at radius 3 is 2.77 bits per heavy atom. The van der Waals surface area contributed by atoms with Crippen molar-refractivity contribution in [2.45, 2.75) is 6.10 Å². The highest BCUT2D eigenvalue weighted by Gasteiger charge is 2.29. The van der Waals surface area contributed by atoms with E-state index >= 15 is 0 Å². The molecule has 0 aromatic heterocycles. The minimum atomic E-state index is -0.238. The Morgan fingerprint density at radius 1 is 1.18 bits per heavy atom. The van der Waals surface area contributed by atoms with Gasteiger partial charge in [-0.2, -0.15) is 0 Å². The van der Waals surface area contributed by atoms with E-state index < -0.39 is 0 Å². The number of hydrogen-bond acceptors (Lipinski definition) is 4. The van der Waals surface area contributed by atoms with Crippen molar-refractivity contribution < 1.29 is 19.0 Å². The van der Waals surface area contributed by atoms with Crippen LogP contribution in [0.4, 0.5) is 0 Å². The van der Waals surface area contributed by atoms with Crippen LogP contribution < -0.4 is 0 Å². The van der Waals surface area contributed by atoms with Gasteiger partial charge < -0.3 is 19.1 Å². The third-order valence-corrected chi connectivity index (χ3v) is 4.27. The van der Waals surface area contributed by atoms with Gasteiger partial charge in [0.2, 0.25) is 5.76 Å². The highest BCUT2D eigenvalue weighted by Crippen LogP contribution is 2.29. The maximum absolute atomic E-state index is 12.4. The zero-order valence-corrected chi connectivity index (χ0v) is 13.3. The first-order chi connectivity index (χ1) is 10.6. The molecule has 5 nitrogen and oxygen atoms in total. The molecule has 0 saturated carbocycles. The number of carbonyl (C=O) groups excluding carboxylic acids is 1. The van der Waals surface area contributed by atoms with E-state index in [1.165, 1.54) is 6.26 Å². The van der Waals surface area contributed by atoms with Gasteiger partial charge in [-0.05, 0) is 17.7 Å². The van der Waals surface area contributed by atoms with E-state index in [-0.39, 0.29) is 17.8 Å². The maximum atomic E-state index is 12.4. The summed E-state index contributed by atoms with van der Waals surface area (Å²) < 4.78 is 16.2. The van der Waals surface area contributed by atoms with E-state index in [9.17, 15) is 4.79 Å². The second-order valence-electron chi connectivity index (χ2n) is 4.99. The van der Waals surface area contributed by atoms with Crippen LogP contribution in [0.3, 0.4) is 0 Å². The molecule has 0 spiro atoms. The summed E-state index contributed by atoms with van der Waals surface area (Å²) in [5.41, 5.74) is 0.890. The first-order valence-electron chi connectivity index (χ1n) is 6.95. The lowest BCUT2D eigenvalue weighted by atomic mass is 10.1. The average Bonchev–Trinajstić information content (AvgIpc) is 2.57. The first-order valence-corrected chi connectivity index (χ1v) is 7.71. The largest absolute Gasteiger partial charge is 0.494 e. The molecular weight excluding hydrogens is 329 g/mol. The summed E-state index contributed by atoms with van der Waals surface area (Å²) in [5, 5.41) is 0.963. The quantitative estimate of drug-likeness (QED) is 0.828. The van der Waals surface area contributed by atoms with E-state index in [0.29, 0.717) is 43.0 Å². The summed E-state index contributed by atoms with van der Waals surface area (Å²) in [6.45, 7) is 2.24. The van der Waals surface area contributed by atoms with E-state index in [1.807, 2.05) is 6.07 Å². The van der Waals surface area contributed by atoms with Crippen LogP contribution in [-0.2, 0) is 19.0 Å². The molecule has 1 saturated heterocycles. The van der Waals surface area contributed by atoms with Crippen LogP contribution in [0.15, 0.2) is 30.2 Å². The SMILES string of the molecule is O=C(C1=COCCO1)N1CCO[C@H](c2ccc(Cl)c(Cl)c2)C1. The fourth-order valence-electron chi connectivity index (χ4n) is 2.38. The number of nitrogens with zero attached hydrogens (tertiary/aromatic N) is 1. The van der Waals surface area contributed by atoms with Crippen LogP contribution in [0.25, 0.3) is 0 Å². The predicted molar refractivity (Wildman–Crippen MR) is 81.7 cm³/mol. The molecule has 1 amide bonds. The Balaban J connectivity index is 1.72. The van der Waals surface area contributed by atoms with Crippen molar-refractivity contribution in [3.05, 3.63) is 45.8 Å². The number of carbonyl (C=O) groups is 1. The Hall–Kier alpha value is -1.43. The van der Waals surface area contributed by atoms with Gasteiger partial charge in [0.05, 0.1) is 23.2 Å². The Bertz CT molecular complexity index is 605. The van der Waals surface area contributed by atoms with E-state index in [1.54, 1.807) is 17.0 Å². The van der Waals surface area contributed by atoms with E-state index in [4.69, 9.17) is 37.4 Å². The molecule has 0 unspecified atom stereocenters. The number of halogens is 2. The zero-order chi connectivity index (χ0) is 15.5. The monoisotopic (exact) mass is 343 g/mol. The molecule has 118 valence electrons. The molecule has 0 N–H and O–H groups in total. The van der Waals surface area contributed by atoms with Gasteiger partial charge in [0.25, 0.3) is 5.91 Å². The van der Waals surface area contributed by atoms with E-state index in [0.717, 1.165) is 5.56 Å². The second-order valence-corrected chi connectivity index (χ2v) is 5.80. The van der Waals surface area contributed by atoms with Crippen LogP contribution >= 0.6 is 23.2 Å². The van der Waals surface area contributed by atoms with Crippen molar-refractivity contribution in [3.63, 3.8) is 0 Å². The molecule has 3 rings (SSSR count). The van der Waals surface area contributed by atoms with Crippen molar-refractivity contribution in [1.82, 2.24) is 4.90 Å². The van der Waals surface area contributed by atoms with Crippen LogP contribution in [0.2, 0.25) is 10.0 Å². The molecule has 0 aliphatic carbocycles. The van der Waals surface area contributed by atoms with Gasteiger partial charge in [0, 0.05) is 6.54 Å². The number of ether oxygens (including phenoxy) is 3. The summed E-state index contributed by atoms with van der Waals surface area (Å²) in [4.78, 5) is 14.1. The number of hydrogen-bond donors (Lipinski definition) is 0. The topological polar surface area (TPSA) is 48.0 Å². The number of benzene rings is 1. The predicted octanol–water partition coefficient (Wildman–Crippen LogP) is 2.78. The van der Waals surface area contributed by atoms with Gasteiger partial charge in [-0.3, -0.25) is 4.79 Å². The highest BCUT2D eigenvalue weighted by atomic mass is 35.5. The third-order valence-electron chi connectivity index (χ3n) is 3.53. The molecule has 2 aliphatic rings. The van der Waals surface area contributed by atoms with Crippen molar-refractivity contribution in [1.29, 1.82) is 0 Å². The second kappa shape index (κ2) is 6.77. The normalized spacial score (nSPS) is 21.6. The lowest BCUT2D eigenvalue weighted by molar-refractivity contribution is -0.140. The Kier molecular flexibility index (Phi) is 4.76. The van der Waals surface area contributed by atoms with Gasteiger partial charge in [-0.25, -0.2) is 0 Å². The lowest BCUT2D eigenvalue weighted by Crippen LogP contribution is -2.43. The van der Waals surface area contributed by atoms with Gasteiger partial charge in [0.1, 0.15) is 25.6 Å². The molecule has 1 aromatic rings. The van der Waals surface area contributed by atoms with Gasteiger partial charge in [0.15, 0.2) is 0 Å². The number of amides is 1. The van der Waals surface area contributed by atoms with Gasteiger partial charge >= 0.3 is 0 Å². The third kappa shape index (κ3) is 3.32. The Morgan fingerprint density at radius 2 is 2.05 bits per heavy atom. The summed E-state index contributed by atoms with van der Waals surface area (Å²) in [7, 11) is 0. The summed E-state index contributed by atoms with van der Waals surface area (Å²) in [6, 6.07) is 5.35. The molecule has 1 atom stereocenters. The Labute approximate surface area is 138 Å². The van der Waals surface area contributed by atoms with Crippen LogP contribution in [0.1, 0.15) is 11.7 Å². The summed E-state index contributed by atoms with van der Waals surface area (Å²) in [6.07, 6.45) is 1.13. The summed E-state index contributed by atoms with van der Waals surface area (Å²) >= 11 is 12.0. The number of rotatable bonds is 2. The standard InChI is InChI=1S/C15H15Cl2NO4/c16-11-2-1-10(7-12(11)17)13-8-18(3-4-21-13)15(19)14-9-20-5-6-22-14/h1-2,7,9,13H,3-6,8H2/t13-/m0/s1. The molecule has 7 heteroatoms. The molecule has 22 heavy (non-hydrogen) atoms. The first kappa shape index (κ1) is 15.5. The molecule has 0 radical (unpaired) electrons. The summed E-state index contributed by atoms with van der Waals surface area (Å²) in [5.74, 6) is 0.0501. The molecule has 0 bridgehead atoms. The smallest absolute Gasteiger partial charge is 0.292 e.